The lowest BCUT2D eigenvalue weighted by Crippen LogP contribution is -2.26. The van der Waals surface area contributed by atoms with Crippen LogP contribution in [0.25, 0.3) is 0 Å². The van der Waals surface area contributed by atoms with Gasteiger partial charge in [-0.3, -0.25) is 4.79 Å². The van der Waals surface area contributed by atoms with E-state index in [-0.39, 0.29) is 16.9 Å². The third-order valence-corrected chi connectivity index (χ3v) is 4.80. The zero-order valence-corrected chi connectivity index (χ0v) is 15.6. The summed E-state index contributed by atoms with van der Waals surface area (Å²) in [5.41, 5.74) is 3.19. The van der Waals surface area contributed by atoms with Gasteiger partial charge in [-0.2, -0.15) is 5.10 Å². The van der Waals surface area contributed by atoms with Crippen LogP contribution in [0.5, 0.6) is 11.5 Å². The molecule has 126 valence electrons. The maximum Gasteiger partial charge on any atom is 0.253 e. The van der Waals surface area contributed by atoms with E-state index in [1.165, 1.54) is 25.1 Å². The molecule has 0 fully saturated rings. The molecule has 0 saturated carbocycles. The number of hydrogen-bond acceptors (Lipinski definition) is 5. The van der Waals surface area contributed by atoms with Crippen LogP contribution in [0, 0.1) is 0 Å². The molecule has 0 spiro atoms. The molecule has 0 saturated heterocycles. The van der Waals surface area contributed by atoms with Crippen molar-refractivity contribution in [2.45, 2.75) is 17.1 Å². The number of phenolic OH excluding ortho intramolecular Hbond substituents is 1. The fraction of sp³-hybridized carbons (Fsp3) is 0.176. The minimum atomic E-state index is -0.273. The number of rotatable bonds is 6. The normalized spacial score (nSPS) is 12.1. The quantitative estimate of drug-likeness (QED) is 0.433. The summed E-state index contributed by atoms with van der Waals surface area (Å²) in [6.07, 6.45) is 1.49. The van der Waals surface area contributed by atoms with Gasteiger partial charge in [0.05, 0.1) is 23.0 Å². The number of thioether (sulfide) groups is 1. The van der Waals surface area contributed by atoms with Gasteiger partial charge in [-0.1, -0.05) is 18.2 Å². The first kappa shape index (κ1) is 18.4. The Morgan fingerprint density at radius 2 is 2.08 bits per heavy atom. The zero-order valence-electron chi connectivity index (χ0n) is 13.2. The van der Waals surface area contributed by atoms with Gasteiger partial charge in [0.15, 0.2) is 11.5 Å². The van der Waals surface area contributed by atoms with Crippen molar-refractivity contribution in [3.8, 4) is 11.5 Å². The highest BCUT2D eigenvalue weighted by atomic mass is 79.9. The molecular formula is C17H17BrN2O3S. The van der Waals surface area contributed by atoms with E-state index < -0.39 is 0 Å². The summed E-state index contributed by atoms with van der Waals surface area (Å²) in [7, 11) is 1.46. The smallest absolute Gasteiger partial charge is 0.253 e. The van der Waals surface area contributed by atoms with Gasteiger partial charge >= 0.3 is 0 Å². The van der Waals surface area contributed by atoms with Crippen molar-refractivity contribution in [3.05, 3.63) is 52.5 Å². The molecule has 0 aliphatic carbocycles. The largest absolute Gasteiger partial charge is 0.503 e. The van der Waals surface area contributed by atoms with E-state index in [0.717, 1.165) is 4.90 Å². The van der Waals surface area contributed by atoms with Crippen LogP contribution in [-0.2, 0) is 4.79 Å². The van der Waals surface area contributed by atoms with Gasteiger partial charge in [0.2, 0.25) is 0 Å². The van der Waals surface area contributed by atoms with Crippen LogP contribution in [0.1, 0.15) is 12.5 Å². The predicted molar refractivity (Wildman–Crippen MR) is 99.9 cm³/mol. The molecule has 1 atom stereocenters. The number of ether oxygens (including phenoxy) is 1. The molecule has 2 rings (SSSR count). The Kier molecular flexibility index (Phi) is 6.69. The lowest BCUT2D eigenvalue weighted by atomic mass is 10.2. The van der Waals surface area contributed by atoms with Crippen molar-refractivity contribution in [1.29, 1.82) is 0 Å². The predicted octanol–water partition coefficient (Wildman–Crippen LogP) is 3.79. The molecule has 24 heavy (non-hydrogen) atoms. The minimum Gasteiger partial charge on any atom is -0.503 e. The molecule has 0 radical (unpaired) electrons. The highest BCUT2D eigenvalue weighted by molar-refractivity contribution is 9.10. The number of benzene rings is 2. The number of amides is 1. The highest BCUT2D eigenvalue weighted by Gasteiger charge is 2.13. The summed E-state index contributed by atoms with van der Waals surface area (Å²) in [6.45, 7) is 1.82. The second kappa shape index (κ2) is 8.75. The molecule has 0 aliphatic heterocycles. The molecule has 1 amide bonds. The van der Waals surface area contributed by atoms with Gasteiger partial charge < -0.3 is 9.84 Å². The van der Waals surface area contributed by atoms with Crippen LogP contribution in [0.15, 0.2) is 56.9 Å². The average molecular weight is 409 g/mol. The number of phenols is 1. The number of hydrogen-bond donors (Lipinski definition) is 2. The van der Waals surface area contributed by atoms with Crippen LogP contribution in [-0.4, -0.2) is 29.6 Å². The van der Waals surface area contributed by atoms with Crippen LogP contribution < -0.4 is 10.2 Å². The van der Waals surface area contributed by atoms with Crippen molar-refractivity contribution in [1.82, 2.24) is 5.43 Å². The molecule has 0 bridgehead atoms. The number of carbonyl (C=O) groups is 1. The third-order valence-electron chi connectivity index (χ3n) is 3.08. The van der Waals surface area contributed by atoms with Crippen LogP contribution in [0.2, 0.25) is 0 Å². The topological polar surface area (TPSA) is 70.9 Å². The Balaban J connectivity index is 1.96. The first-order valence-electron chi connectivity index (χ1n) is 7.12. The summed E-state index contributed by atoms with van der Waals surface area (Å²) in [6, 6.07) is 13.0. The molecular weight excluding hydrogens is 392 g/mol. The van der Waals surface area contributed by atoms with E-state index in [9.17, 15) is 9.90 Å². The van der Waals surface area contributed by atoms with Crippen molar-refractivity contribution in [3.63, 3.8) is 0 Å². The van der Waals surface area contributed by atoms with Crippen LogP contribution >= 0.6 is 27.7 Å². The number of carbonyl (C=O) groups excluding carboxylic acids is 1. The second-order valence-electron chi connectivity index (χ2n) is 4.86. The molecule has 2 aromatic rings. The van der Waals surface area contributed by atoms with E-state index in [0.29, 0.717) is 15.8 Å². The van der Waals surface area contributed by atoms with Crippen molar-refractivity contribution >= 4 is 39.8 Å². The zero-order chi connectivity index (χ0) is 17.5. The van der Waals surface area contributed by atoms with Crippen LogP contribution in [0.4, 0.5) is 0 Å². The maximum atomic E-state index is 12.1. The van der Waals surface area contributed by atoms with Gasteiger partial charge in [-0.25, -0.2) is 5.43 Å². The van der Waals surface area contributed by atoms with E-state index in [1.54, 1.807) is 12.1 Å². The van der Waals surface area contributed by atoms with Gasteiger partial charge in [-0.05, 0) is 52.7 Å². The molecule has 7 heteroatoms. The molecule has 0 heterocycles. The first-order chi connectivity index (χ1) is 11.5. The number of aromatic hydroxyl groups is 1. The number of halogens is 1. The van der Waals surface area contributed by atoms with E-state index in [2.05, 4.69) is 26.5 Å². The standard InChI is InChI=1S/C17H17BrN2O3S/c1-11(24-13-6-4-3-5-7-13)17(22)20-19-10-12-8-14(18)16(21)15(9-12)23-2/h3-11,21H,1-2H3,(H,20,22)/b19-10-/t11-/m1/s1. The Morgan fingerprint density at radius 3 is 2.75 bits per heavy atom. The summed E-state index contributed by atoms with van der Waals surface area (Å²) in [5.74, 6) is 0.154. The second-order valence-corrected chi connectivity index (χ2v) is 7.13. The SMILES string of the molecule is COc1cc(/C=N\NC(=O)[C@@H](C)Sc2ccccc2)cc(Br)c1O. The molecule has 0 aliphatic rings. The van der Waals surface area contributed by atoms with Gasteiger partial charge in [0.1, 0.15) is 0 Å². The summed E-state index contributed by atoms with van der Waals surface area (Å²) in [5, 5.41) is 13.4. The number of nitrogens with one attached hydrogen (secondary N) is 1. The highest BCUT2D eigenvalue weighted by Crippen LogP contribution is 2.34. The first-order valence-corrected chi connectivity index (χ1v) is 8.79. The third kappa shape index (κ3) is 5.01. The molecule has 0 aromatic heterocycles. The van der Waals surface area contributed by atoms with Gasteiger partial charge in [0, 0.05) is 4.90 Å². The van der Waals surface area contributed by atoms with Gasteiger partial charge in [0.25, 0.3) is 5.91 Å². The summed E-state index contributed by atoms with van der Waals surface area (Å²) in [4.78, 5) is 13.1. The van der Waals surface area contributed by atoms with Crippen molar-refractivity contribution in [2.75, 3.05) is 7.11 Å². The van der Waals surface area contributed by atoms with E-state index >= 15 is 0 Å². The maximum absolute atomic E-state index is 12.1. The fourth-order valence-corrected chi connectivity index (χ4v) is 3.18. The van der Waals surface area contributed by atoms with E-state index in [1.807, 2.05) is 37.3 Å². The monoisotopic (exact) mass is 408 g/mol. The molecule has 0 unspecified atom stereocenters. The van der Waals surface area contributed by atoms with Crippen LogP contribution in [0.3, 0.4) is 0 Å². The molecule has 2 N–H and O–H groups in total. The molecule has 5 nitrogen and oxygen atoms in total. The Bertz CT molecular complexity index is 738. The minimum absolute atomic E-state index is 0.0200. The Morgan fingerprint density at radius 1 is 1.38 bits per heavy atom. The fourth-order valence-electron chi connectivity index (χ4n) is 1.84. The average Bonchev–Trinajstić information content (AvgIpc) is 2.58. The lowest BCUT2D eigenvalue weighted by Gasteiger charge is -2.09. The van der Waals surface area contributed by atoms with Gasteiger partial charge in [-0.15, -0.1) is 11.8 Å². The molecule has 2 aromatic carbocycles. The number of nitrogens with zero attached hydrogens (tertiary/aromatic N) is 1. The number of hydrazone groups is 1. The Labute approximate surface area is 153 Å². The number of methoxy groups -OCH3 is 1. The van der Waals surface area contributed by atoms with Crippen molar-refractivity contribution in [2.24, 2.45) is 5.10 Å². The van der Waals surface area contributed by atoms with E-state index in [4.69, 9.17) is 4.74 Å². The van der Waals surface area contributed by atoms with Crippen molar-refractivity contribution < 1.29 is 14.6 Å². The summed E-state index contributed by atoms with van der Waals surface area (Å²) < 4.78 is 5.55. The summed E-state index contributed by atoms with van der Waals surface area (Å²) >= 11 is 4.70. The Hall–Kier alpha value is -1.99. The lowest BCUT2D eigenvalue weighted by molar-refractivity contribution is -0.120.